The average Bonchev–Trinajstić information content (AvgIpc) is 2.60. The van der Waals surface area contributed by atoms with Gasteiger partial charge in [-0.25, -0.2) is 8.42 Å². The first-order valence-corrected chi connectivity index (χ1v) is 11.1. The molecule has 0 unspecified atom stereocenters. The summed E-state index contributed by atoms with van der Waals surface area (Å²) in [5.74, 6) is 0.220. The van der Waals surface area contributed by atoms with E-state index >= 15 is 0 Å². The lowest BCUT2D eigenvalue weighted by molar-refractivity contribution is -0.119. The summed E-state index contributed by atoms with van der Waals surface area (Å²) in [6.07, 6.45) is 1.07. The summed E-state index contributed by atoms with van der Waals surface area (Å²) < 4.78 is 31.6. The van der Waals surface area contributed by atoms with Crippen LogP contribution in [0.15, 0.2) is 46.9 Å². The zero-order valence-electron chi connectivity index (χ0n) is 14.9. The Hall–Kier alpha value is -1.77. The molecule has 0 aliphatic heterocycles. The monoisotopic (exact) mass is 474 g/mol. The molecule has 0 fully saturated rings. The smallest absolute Gasteiger partial charge is 0.240 e. The minimum absolute atomic E-state index is 0.248. The molecule has 0 aliphatic carbocycles. The normalized spacial score (nSPS) is 11.1. The number of hydrogen-bond donors (Lipinski definition) is 1. The number of rotatable bonds is 8. The van der Waals surface area contributed by atoms with Crippen LogP contribution in [0, 0.1) is 6.92 Å². The van der Waals surface area contributed by atoms with E-state index in [9.17, 15) is 13.2 Å². The number of amides is 1. The highest BCUT2D eigenvalue weighted by molar-refractivity contribution is 9.10. The van der Waals surface area contributed by atoms with Crippen LogP contribution in [0.4, 0.5) is 5.69 Å². The van der Waals surface area contributed by atoms with Gasteiger partial charge in [0.15, 0.2) is 0 Å². The third-order valence-corrected chi connectivity index (χ3v) is 5.91. The van der Waals surface area contributed by atoms with E-state index in [1.807, 2.05) is 6.92 Å². The molecule has 0 aliphatic rings. The van der Waals surface area contributed by atoms with Crippen molar-refractivity contribution in [1.82, 2.24) is 5.32 Å². The van der Waals surface area contributed by atoms with Crippen molar-refractivity contribution in [3.8, 4) is 5.75 Å². The van der Waals surface area contributed by atoms with Crippen molar-refractivity contribution in [3.63, 3.8) is 0 Å². The highest BCUT2D eigenvalue weighted by atomic mass is 79.9. The number of nitrogens with one attached hydrogen (secondary N) is 1. The molecule has 0 bridgehead atoms. The van der Waals surface area contributed by atoms with E-state index in [2.05, 4.69) is 21.2 Å². The number of benzene rings is 2. The molecule has 0 saturated carbocycles. The SMILES string of the molecule is Cc1cc(N(CC(=O)NCCOc2ccc(Cl)cc2)S(C)(=O)=O)ccc1Br. The first-order valence-electron chi connectivity index (χ1n) is 8.06. The summed E-state index contributed by atoms with van der Waals surface area (Å²) in [6, 6.07) is 12.0. The number of nitrogens with zero attached hydrogens (tertiary/aromatic N) is 1. The van der Waals surface area contributed by atoms with E-state index in [-0.39, 0.29) is 19.7 Å². The zero-order valence-corrected chi connectivity index (χ0v) is 18.1. The molecule has 0 saturated heterocycles. The Morgan fingerprint density at radius 1 is 1.22 bits per heavy atom. The minimum atomic E-state index is -3.61. The van der Waals surface area contributed by atoms with Crippen molar-refractivity contribution in [3.05, 3.63) is 57.5 Å². The summed E-state index contributed by atoms with van der Waals surface area (Å²) in [5.41, 5.74) is 1.31. The maximum Gasteiger partial charge on any atom is 0.240 e. The second-order valence-corrected chi connectivity index (χ2v) is 9.05. The second-order valence-electron chi connectivity index (χ2n) is 5.86. The summed E-state index contributed by atoms with van der Waals surface area (Å²) in [6.45, 7) is 2.05. The van der Waals surface area contributed by atoms with Crippen molar-refractivity contribution in [2.45, 2.75) is 6.92 Å². The van der Waals surface area contributed by atoms with E-state index in [0.29, 0.717) is 16.5 Å². The molecular weight excluding hydrogens is 456 g/mol. The second kappa shape index (κ2) is 9.43. The highest BCUT2D eigenvalue weighted by Crippen LogP contribution is 2.24. The fourth-order valence-electron chi connectivity index (χ4n) is 2.26. The standard InChI is InChI=1S/C18H20BrClN2O4S/c1-13-11-15(5-8-17(13)19)22(27(2,24)25)12-18(23)21-9-10-26-16-6-3-14(20)4-7-16/h3-8,11H,9-10,12H2,1-2H3,(H,21,23). The van der Waals surface area contributed by atoms with Crippen LogP contribution in [0.3, 0.4) is 0 Å². The predicted molar refractivity (Wildman–Crippen MR) is 111 cm³/mol. The van der Waals surface area contributed by atoms with Crippen LogP contribution in [0.5, 0.6) is 5.75 Å². The number of carbonyl (C=O) groups excluding carboxylic acids is 1. The first kappa shape index (κ1) is 21.5. The van der Waals surface area contributed by atoms with Crippen LogP contribution >= 0.6 is 27.5 Å². The van der Waals surface area contributed by atoms with Crippen LogP contribution in [0.1, 0.15) is 5.56 Å². The Morgan fingerprint density at radius 2 is 1.89 bits per heavy atom. The quantitative estimate of drug-likeness (QED) is 0.594. The largest absolute Gasteiger partial charge is 0.492 e. The molecule has 0 heterocycles. The molecule has 0 aromatic heterocycles. The van der Waals surface area contributed by atoms with Gasteiger partial charge in [-0.1, -0.05) is 27.5 Å². The van der Waals surface area contributed by atoms with Crippen LogP contribution in [0.2, 0.25) is 5.02 Å². The molecule has 146 valence electrons. The van der Waals surface area contributed by atoms with Gasteiger partial charge >= 0.3 is 0 Å². The number of halogens is 2. The predicted octanol–water partition coefficient (Wildman–Crippen LogP) is 3.37. The number of hydrogen-bond acceptors (Lipinski definition) is 4. The molecule has 6 nitrogen and oxygen atoms in total. The van der Waals surface area contributed by atoms with E-state index in [1.54, 1.807) is 42.5 Å². The summed E-state index contributed by atoms with van der Waals surface area (Å²) in [7, 11) is -3.61. The van der Waals surface area contributed by atoms with E-state index in [0.717, 1.165) is 20.6 Å². The number of sulfonamides is 1. The van der Waals surface area contributed by atoms with Gasteiger partial charge in [-0.2, -0.15) is 0 Å². The van der Waals surface area contributed by atoms with Crippen molar-refractivity contribution >= 4 is 49.1 Å². The lowest BCUT2D eigenvalue weighted by atomic mass is 10.2. The average molecular weight is 476 g/mol. The van der Waals surface area contributed by atoms with E-state index in [1.165, 1.54) is 0 Å². The lowest BCUT2D eigenvalue weighted by Crippen LogP contribution is -2.41. The van der Waals surface area contributed by atoms with Gasteiger partial charge < -0.3 is 10.1 Å². The van der Waals surface area contributed by atoms with Crippen LogP contribution < -0.4 is 14.4 Å². The number of carbonyl (C=O) groups is 1. The number of anilines is 1. The van der Waals surface area contributed by atoms with Crippen molar-refractivity contribution in [2.75, 3.05) is 30.3 Å². The molecule has 2 aromatic rings. The lowest BCUT2D eigenvalue weighted by Gasteiger charge is -2.22. The van der Waals surface area contributed by atoms with Crippen LogP contribution in [0.25, 0.3) is 0 Å². The van der Waals surface area contributed by atoms with Gasteiger partial charge in [-0.3, -0.25) is 9.10 Å². The Balaban J connectivity index is 1.92. The molecule has 2 aromatic carbocycles. The van der Waals surface area contributed by atoms with E-state index < -0.39 is 15.9 Å². The van der Waals surface area contributed by atoms with Gasteiger partial charge in [0.2, 0.25) is 15.9 Å². The van der Waals surface area contributed by atoms with Gasteiger partial charge in [0.1, 0.15) is 18.9 Å². The zero-order chi connectivity index (χ0) is 20.0. The van der Waals surface area contributed by atoms with Gasteiger partial charge in [0.25, 0.3) is 0 Å². The van der Waals surface area contributed by atoms with Crippen molar-refractivity contribution < 1.29 is 17.9 Å². The molecule has 0 radical (unpaired) electrons. The van der Waals surface area contributed by atoms with Crippen molar-refractivity contribution in [1.29, 1.82) is 0 Å². The number of aryl methyl sites for hydroxylation is 1. The molecule has 1 N–H and O–H groups in total. The molecule has 0 spiro atoms. The third-order valence-electron chi connectivity index (χ3n) is 3.62. The Labute approximate surface area is 172 Å². The third kappa shape index (κ3) is 6.71. The first-order chi connectivity index (χ1) is 12.7. The van der Waals surface area contributed by atoms with Gasteiger partial charge in [-0.05, 0) is 55.0 Å². The van der Waals surface area contributed by atoms with Gasteiger partial charge in [0, 0.05) is 9.50 Å². The minimum Gasteiger partial charge on any atom is -0.492 e. The summed E-state index contributed by atoms with van der Waals surface area (Å²) >= 11 is 9.18. The molecule has 1 amide bonds. The van der Waals surface area contributed by atoms with Gasteiger partial charge in [-0.15, -0.1) is 0 Å². The van der Waals surface area contributed by atoms with Gasteiger partial charge in [0.05, 0.1) is 18.5 Å². The Morgan fingerprint density at radius 3 is 2.48 bits per heavy atom. The molecule has 2 rings (SSSR count). The highest BCUT2D eigenvalue weighted by Gasteiger charge is 2.21. The van der Waals surface area contributed by atoms with E-state index in [4.69, 9.17) is 16.3 Å². The number of ether oxygens (including phenoxy) is 1. The molecular formula is C18H20BrClN2O4S. The summed E-state index contributed by atoms with van der Waals surface area (Å²) in [5, 5.41) is 3.27. The van der Waals surface area contributed by atoms with Crippen molar-refractivity contribution in [2.24, 2.45) is 0 Å². The maximum absolute atomic E-state index is 12.2. The molecule has 0 atom stereocenters. The Bertz CT molecular complexity index is 904. The molecule has 9 heteroatoms. The molecule has 27 heavy (non-hydrogen) atoms. The fourth-order valence-corrected chi connectivity index (χ4v) is 3.48. The topological polar surface area (TPSA) is 75.7 Å². The van der Waals surface area contributed by atoms with Crippen LogP contribution in [-0.4, -0.2) is 40.3 Å². The maximum atomic E-state index is 12.2. The van der Waals surface area contributed by atoms with Crippen LogP contribution in [-0.2, 0) is 14.8 Å². The summed E-state index contributed by atoms with van der Waals surface area (Å²) in [4.78, 5) is 12.2. The fraction of sp³-hybridized carbons (Fsp3) is 0.278. The Kier molecular flexibility index (Phi) is 7.52.